The first kappa shape index (κ1) is 17.5. The van der Waals surface area contributed by atoms with Crippen LogP contribution in [0.3, 0.4) is 0 Å². The lowest BCUT2D eigenvalue weighted by Crippen LogP contribution is -2.41. The van der Waals surface area contributed by atoms with Crippen molar-refractivity contribution in [1.29, 1.82) is 0 Å². The van der Waals surface area contributed by atoms with Crippen LogP contribution in [0.15, 0.2) is 34.1 Å². The minimum atomic E-state index is -3.38. The van der Waals surface area contributed by atoms with Crippen LogP contribution >= 0.6 is 11.8 Å². The molecule has 1 aromatic carbocycles. The highest BCUT2D eigenvalue weighted by molar-refractivity contribution is 8.00. The van der Waals surface area contributed by atoms with E-state index in [4.69, 9.17) is 5.11 Å². The summed E-state index contributed by atoms with van der Waals surface area (Å²) < 4.78 is 24.0. The minimum Gasteiger partial charge on any atom is -0.480 e. The molecule has 8 heteroatoms. The van der Waals surface area contributed by atoms with Crippen molar-refractivity contribution >= 4 is 33.5 Å². The van der Waals surface area contributed by atoms with Crippen LogP contribution in [-0.4, -0.2) is 42.9 Å². The van der Waals surface area contributed by atoms with E-state index >= 15 is 0 Å². The third-order valence-electron chi connectivity index (χ3n) is 2.65. The zero-order valence-electron chi connectivity index (χ0n) is 11.7. The van der Waals surface area contributed by atoms with Gasteiger partial charge < -0.3 is 10.4 Å². The number of amides is 1. The highest BCUT2D eigenvalue weighted by Crippen LogP contribution is 2.27. The zero-order valence-corrected chi connectivity index (χ0v) is 13.3. The highest BCUT2D eigenvalue weighted by atomic mass is 32.2. The fraction of sp³-hybridized carbons (Fsp3) is 0.385. The van der Waals surface area contributed by atoms with Crippen LogP contribution in [0.5, 0.6) is 0 Å². The molecule has 21 heavy (non-hydrogen) atoms. The Morgan fingerprint density at radius 3 is 2.48 bits per heavy atom. The Labute approximate surface area is 127 Å². The van der Waals surface area contributed by atoms with Gasteiger partial charge in [0, 0.05) is 17.6 Å². The number of benzene rings is 1. The SMILES string of the molecule is CCS(=O)(=O)c1ccccc1SC[C@H](NC(C)=O)C(=O)O. The van der Waals surface area contributed by atoms with Crippen LogP contribution in [-0.2, 0) is 19.4 Å². The van der Waals surface area contributed by atoms with Crippen molar-refractivity contribution in [1.82, 2.24) is 5.32 Å². The maximum Gasteiger partial charge on any atom is 0.327 e. The van der Waals surface area contributed by atoms with E-state index in [2.05, 4.69) is 5.32 Å². The first-order chi connectivity index (χ1) is 9.77. The topological polar surface area (TPSA) is 101 Å². The van der Waals surface area contributed by atoms with Gasteiger partial charge in [-0.1, -0.05) is 19.1 Å². The largest absolute Gasteiger partial charge is 0.480 e. The number of aliphatic carboxylic acids is 1. The Hall–Kier alpha value is -1.54. The van der Waals surface area contributed by atoms with Crippen molar-refractivity contribution in [3.05, 3.63) is 24.3 Å². The normalized spacial score (nSPS) is 12.7. The maximum atomic E-state index is 12.0. The third-order valence-corrected chi connectivity index (χ3v) is 5.73. The van der Waals surface area contributed by atoms with Gasteiger partial charge in [0.1, 0.15) is 6.04 Å². The van der Waals surface area contributed by atoms with Crippen LogP contribution < -0.4 is 5.32 Å². The van der Waals surface area contributed by atoms with E-state index in [1.165, 1.54) is 13.0 Å². The Kier molecular flexibility index (Phi) is 6.22. The maximum absolute atomic E-state index is 12.0. The average Bonchev–Trinajstić information content (AvgIpc) is 2.43. The second kappa shape index (κ2) is 7.46. The molecule has 0 heterocycles. The van der Waals surface area contributed by atoms with E-state index in [0.717, 1.165) is 11.8 Å². The van der Waals surface area contributed by atoms with Crippen molar-refractivity contribution in [3.63, 3.8) is 0 Å². The zero-order chi connectivity index (χ0) is 16.0. The summed E-state index contributed by atoms with van der Waals surface area (Å²) in [5.41, 5.74) is 0. The van der Waals surface area contributed by atoms with Crippen molar-refractivity contribution < 1.29 is 23.1 Å². The monoisotopic (exact) mass is 331 g/mol. The molecule has 0 saturated heterocycles. The van der Waals surface area contributed by atoms with E-state index in [1.807, 2.05) is 0 Å². The quantitative estimate of drug-likeness (QED) is 0.727. The molecule has 1 rings (SSSR count). The summed E-state index contributed by atoms with van der Waals surface area (Å²) in [6.45, 7) is 2.78. The number of hydrogen-bond acceptors (Lipinski definition) is 5. The molecule has 0 bridgehead atoms. The number of carboxylic acid groups (broad SMARTS) is 1. The summed E-state index contributed by atoms with van der Waals surface area (Å²) >= 11 is 1.09. The lowest BCUT2D eigenvalue weighted by Gasteiger charge is -2.14. The summed E-state index contributed by atoms with van der Waals surface area (Å²) in [7, 11) is -3.38. The fourth-order valence-corrected chi connectivity index (χ4v) is 4.06. The van der Waals surface area contributed by atoms with E-state index in [9.17, 15) is 18.0 Å². The first-order valence-electron chi connectivity index (χ1n) is 6.22. The van der Waals surface area contributed by atoms with Crippen LogP contribution in [0.1, 0.15) is 13.8 Å². The van der Waals surface area contributed by atoms with Crippen molar-refractivity contribution in [2.24, 2.45) is 0 Å². The smallest absolute Gasteiger partial charge is 0.327 e. The summed E-state index contributed by atoms with van der Waals surface area (Å²) in [5.74, 6) is -1.59. The van der Waals surface area contributed by atoms with E-state index in [0.29, 0.717) is 4.90 Å². The van der Waals surface area contributed by atoms with Gasteiger partial charge in [-0.3, -0.25) is 4.79 Å². The molecular formula is C13H17NO5S2. The van der Waals surface area contributed by atoms with Crippen molar-refractivity contribution in [2.75, 3.05) is 11.5 Å². The Morgan fingerprint density at radius 2 is 1.95 bits per heavy atom. The molecular weight excluding hydrogens is 314 g/mol. The molecule has 0 aromatic heterocycles. The molecule has 0 spiro atoms. The molecule has 1 aromatic rings. The number of carbonyl (C=O) groups is 2. The van der Waals surface area contributed by atoms with Crippen LogP contribution in [0.2, 0.25) is 0 Å². The Bertz CT molecular complexity index is 627. The number of thioether (sulfide) groups is 1. The van der Waals surface area contributed by atoms with Crippen LogP contribution in [0, 0.1) is 0 Å². The van der Waals surface area contributed by atoms with E-state index < -0.39 is 27.8 Å². The van der Waals surface area contributed by atoms with E-state index in [-0.39, 0.29) is 16.4 Å². The predicted octanol–water partition coefficient (Wildman–Crippen LogP) is 1.16. The highest BCUT2D eigenvalue weighted by Gasteiger charge is 2.21. The van der Waals surface area contributed by atoms with Gasteiger partial charge in [-0.2, -0.15) is 0 Å². The lowest BCUT2D eigenvalue weighted by atomic mass is 10.3. The number of carboxylic acids is 1. The average molecular weight is 331 g/mol. The second-order valence-electron chi connectivity index (χ2n) is 4.25. The molecule has 1 atom stereocenters. The predicted molar refractivity (Wildman–Crippen MR) is 80.1 cm³/mol. The molecule has 2 N–H and O–H groups in total. The van der Waals surface area contributed by atoms with Gasteiger partial charge in [0.05, 0.1) is 10.6 Å². The second-order valence-corrected chi connectivity index (χ2v) is 7.56. The Balaban J connectivity index is 2.93. The Morgan fingerprint density at radius 1 is 1.33 bits per heavy atom. The van der Waals surface area contributed by atoms with Gasteiger partial charge in [0.2, 0.25) is 5.91 Å². The summed E-state index contributed by atoms with van der Waals surface area (Å²) in [4.78, 5) is 22.7. The lowest BCUT2D eigenvalue weighted by molar-refractivity contribution is -0.140. The van der Waals surface area contributed by atoms with Gasteiger partial charge in [-0.05, 0) is 12.1 Å². The van der Waals surface area contributed by atoms with Gasteiger partial charge in [0.15, 0.2) is 9.84 Å². The molecule has 0 fully saturated rings. The van der Waals surface area contributed by atoms with Crippen LogP contribution in [0.25, 0.3) is 0 Å². The molecule has 0 saturated carbocycles. The van der Waals surface area contributed by atoms with Crippen molar-refractivity contribution in [2.45, 2.75) is 29.7 Å². The number of carbonyl (C=O) groups excluding carboxylic acids is 1. The number of rotatable bonds is 7. The molecule has 0 aliphatic carbocycles. The number of nitrogens with one attached hydrogen (secondary N) is 1. The van der Waals surface area contributed by atoms with Gasteiger partial charge in [-0.15, -0.1) is 11.8 Å². The summed E-state index contributed by atoms with van der Waals surface area (Å²) in [5, 5.41) is 11.3. The molecule has 116 valence electrons. The third kappa shape index (κ3) is 5.05. The number of sulfone groups is 1. The van der Waals surface area contributed by atoms with E-state index in [1.54, 1.807) is 25.1 Å². The van der Waals surface area contributed by atoms with Gasteiger partial charge in [0.25, 0.3) is 0 Å². The summed E-state index contributed by atoms with van der Waals surface area (Å²) in [6.07, 6.45) is 0. The number of hydrogen-bond donors (Lipinski definition) is 2. The van der Waals surface area contributed by atoms with Crippen molar-refractivity contribution in [3.8, 4) is 0 Å². The van der Waals surface area contributed by atoms with Crippen LogP contribution in [0.4, 0.5) is 0 Å². The molecule has 6 nitrogen and oxygen atoms in total. The molecule has 0 radical (unpaired) electrons. The first-order valence-corrected chi connectivity index (χ1v) is 8.86. The summed E-state index contributed by atoms with van der Waals surface area (Å²) in [6, 6.07) is 5.36. The fourth-order valence-electron chi connectivity index (χ4n) is 1.58. The molecule has 0 aliphatic heterocycles. The molecule has 1 amide bonds. The minimum absolute atomic E-state index is 0.0291. The van der Waals surface area contributed by atoms with Gasteiger partial charge in [-0.25, -0.2) is 13.2 Å². The molecule has 0 unspecified atom stereocenters. The standard InChI is InChI=1S/C13H17NO5S2/c1-3-21(18,19)12-7-5-4-6-11(12)20-8-10(13(16)17)14-9(2)15/h4-7,10H,3,8H2,1-2H3,(H,14,15)(H,16,17)/t10-/m0/s1. The van der Waals surface area contributed by atoms with Gasteiger partial charge >= 0.3 is 5.97 Å². The molecule has 0 aliphatic rings.